The molecule has 1 aliphatic rings. The van der Waals surface area contributed by atoms with Gasteiger partial charge in [-0.05, 0) is 38.8 Å². The highest BCUT2D eigenvalue weighted by Gasteiger charge is 2.25. The molecule has 1 aliphatic heterocycles. The largest absolute Gasteiger partial charge is 0.468 e. The Bertz CT molecular complexity index is 174. The second kappa shape index (κ2) is 4.61. The zero-order valence-electron chi connectivity index (χ0n) is 8.75. The van der Waals surface area contributed by atoms with E-state index in [1.54, 1.807) is 0 Å². The van der Waals surface area contributed by atoms with Crippen LogP contribution in [0.2, 0.25) is 0 Å². The smallest absolute Gasteiger partial charge is 0.322 e. The van der Waals surface area contributed by atoms with Gasteiger partial charge in [-0.1, -0.05) is 6.92 Å². The maximum atomic E-state index is 11.2. The van der Waals surface area contributed by atoms with Crippen LogP contribution in [0, 0.1) is 5.92 Å². The summed E-state index contributed by atoms with van der Waals surface area (Å²) in [5.41, 5.74) is 0. The van der Waals surface area contributed by atoms with E-state index in [0.717, 1.165) is 19.0 Å². The van der Waals surface area contributed by atoms with Gasteiger partial charge in [0.25, 0.3) is 0 Å². The van der Waals surface area contributed by atoms with Crippen molar-refractivity contribution in [3.8, 4) is 0 Å². The maximum absolute atomic E-state index is 11.2. The monoisotopic (exact) mass is 185 g/mol. The van der Waals surface area contributed by atoms with Crippen LogP contribution in [-0.2, 0) is 9.53 Å². The van der Waals surface area contributed by atoms with Crippen molar-refractivity contribution in [1.82, 2.24) is 4.90 Å². The Labute approximate surface area is 80.1 Å². The summed E-state index contributed by atoms with van der Waals surface area (Å²) >= 11 is 0. The third-order valence-electron chi connectivity index (χ3n) is 2.91. The van der Waals surface area contributed by atoms with Crippen molar-refractivity contribution < 1.29 is 9.53 Å². The summed E-state index contributed by atoms with van der Waals surface area (Å²) in [5, 5.41) is 0. The number of carbonyl (C=O) groups is 1. The zero-order chi connectivity index (χ0) is 9.84. The summed E-state index contributed by atoms with van der Waals surface area (Å²) < 4.78 is 4.71. The molecule has 0 aromatic heterocycles. The Kier molecular flexibility index (Phi) is 3.72. The lowest BCUT2D eigenvalue weighted by Crippen LogP contribution is -2.44. The first kappa shape index (κ1) is 10.5. The van der Waals surface area contributed by atoms with E-state index >= 15 is 0 Å². The number of hydrogen-bond donors (Lipinski definition) is 0. The molecular formula is C10H19NO2. The minimum absolute atomic E-state index is 0.0718. The Morgan fingerprint density at radius 1 is 1.46 bits per heavy atom. The lowest BCUT2D eigenvalue weighted by Gasteiger charge is -2.33. The quantitative estimate of drug-likeness (QED) is 0.607. The minimum atomic E-state index is -0.116. The Hall–Kier alpha value is -0.570. The highest BCUT2D eigenvalue weighted by molar-refractivity contribution is 5.75. The predicted octanol–water partition coefficient (Wildman–Crippen LogP) is 1.28. The molecule has 1 heterocycles. The van der Waals surface area contributed by atoms with Crippen LogP contribution >= 0.6 is 0 Å². The molecule has 76 valence electrons. The maximum Gasteiger partial charge on any atom is 0.322 e. The van der Waals surface area contributed by atoms with E-state index in [2.05, 4.69) is 11.8 Å². The number of carbonyl (C=O) groups excluding carboxylic acids is 1. The van der Waals surface area contributed by atoms with E-state index in [1.165, 1.54) is 20.0 Å². The third kappa shape index (κ3) is 2.69. The number of rotatable bonds is 2. The second-order valence-electron chi connectivity index (χ2n) is 3.92. The average Bonchev–Trinajstić information content (AvgIpc) is 2.17. The number of esters is 1. The number of methoxy groups -OCH3 is 1. The zero-order valence-corrected chi connectivity index (χ0v) is 8.75. The SMILES string of the molecule is COC(=O)[C@@H](C)N1CCC(C)CC1. The van der Waals surface area contributed by atoms with Gasteiger partial charge in [-0.2, -0.15) is 0 Å². The molecule has 0 N–H and O–H groups in total. The topological polar surface area (TPSA) is 29.5 Å². The number of piperidine rings is 1. The van der Waals surface area contributed by atoms with Crippen molar-refractivity contribution in [2.24, 2.45) is 5.92 Å². The van der Waals surface area contributed by atoms with Gasteiger partial charge in [0.2, 0.25) is 0 Å². The van der Waals surface area contributed by atoms with Crippen molar-refractivity contribution in [2.45, 2.75) is 32.7 Å². The third-order valence-corrected chi connectivity index (χ3v) is 2.91. The van der Waals surface area contributed by atoms with E-state index in [1.807, 2.05) is 6.92 Å². The molecule has 13 heavy (non-hydrogen) atoms. The summed E-state index contributed by atoms with van der Waals surface area (Å²) in [7, 11) is 1.45. The predicted molar refractivity (Wildman–Crippen MR) is 51.4 cm³/mol. The first-order chi connectivity index (χ1) is 6.15. The van der Waals surface area contributed by atoms with Gasteiger partial charge in [0.05, 0.1) is 7.11 Å². The van der Waals surface area contributed by atoms with Crippen LogP contribution < -0.4 is 0 Å². The Morgan fingerprint density at radius 3 is 2.46 bits per heavy atom. The normalized spacial score (nSPS) is 22.7. The summed E-state index contributed by atoms with van der Waals surface area (Å²) in [6.45, 7) is 6.23. The Morgan fingerprint density at radius 2 is 2.00 bits per heavy atom. The lowest BCUT2D eigenvalue weighted by atomic mass is 9.98. The molecule has 3 nitrogen and oxygen atoms in total. The fraction of sp³-hybridized carbons (Fsp3) is 0.900. The molecule has 0 bridgehead atoms. The molecule has 0 unspecified atom stereocenters. The summed E-state index contributed by atoms with van der Waals surface area (Å²) in [5.74, 6) is 0.690. The van der Waals surface area contributed by atoms with E-state index < -0.39 is 0 Å². The molecule has 0 spiro atoms. The molecule has 0 aromatic rings. The van der Waals surface area contributed by atoms with Crippen LogP contribution in [0.15, 0.2) is 0 Å². The number of ether oxygens (including phenoxy) is 1. The van der Waals surface area contributed by atoms with Gasteiger partial charge >= 0.3 is 5.97 Å². The molecule has 0 radical (unpaired) electrons. The molecule has 0 amide bonds. The van der Waals surface area contributed by atoms with Crippen molar-refractivity contribution >= 4 is 5.97 Å². The first-order valence-electron chi connectivity index (χ1n) is 4.97. The molecule has 0 aromatic carbocycles. The van der Waals surface area contributed by atoms with Crippen LogP contribution in [0.5, 0.6) is 0 Å². The summed E-state index contributed by atoms with van der Waals surface area (Å²) in [6, 6.07) is -0.0718. The van der Waals surface area contributed by atoms with Crippen LogP contribution in [0.3, 0.4) is 0 Å². The average molecular weight is 185 g/mol. The van der Waals surface area contributed by atoms with Gasteiger partial charge in [-0.25, -0.2) is 0 Å². The second-order valence-corrected chi connectivity index (χ2v) is 3.92. The van der Waals surface area contributed by atoms with Gasteiger partial charge in [0.15, 0.2) is 0 Å². The van der Waals surface area contributed by atoms with E-state index in [9.17, 15) is 4.79 Å². The van der Waals surface area contributed by atoms with Crippen molar-refractivity contribution in [3.63, 3.8) is 0 Å². The van der Waals surface area contributed by atoms with Gasteiger partial charge in [0, 0.05) is 0 Å². The van der Waals surface area contributed by atoms with Crippen molar-refractivity contribution in [2.75, 3.05) is 20.2 Å². The molecule has 3 heteroatoms. The number of nitrogens with zero attached hydrogens (tertiary/aromatic N) is 1. The van der Waals surface area contributed by atoms with Crippen LogP contribution in [0.4, 0.5) is 0 Å². The molecule has 1 saturated heterocycles. The van der Waals surface area contributed by atoms with Crippen molar-refractivity contribution in [1.29, 1.82) is 0 Å². The highest BCUT2D eigenvalue weighted by atomic mass is 16.5. The standard InChI is InChI=1S/C10H19NO2/c1-8-4-6-11(7-5-8)9(2)10(12)13-3/h8-9H,4-7H2,1-3H3/t9-/m1/s1. The minimum Gasteiger partial charge on any atom is -0.468 e. The fourth-order valence-corrected chi connectivity index (χ4v) is 1.74. The lowest BCUT2D eigenvalue weighted by molar-refractivity contribution is -0.146. The fourth-order valence-electron chi connectivity index (χ4n) is 1.74. The van der Waals surface area contributed by atoms with Crippen LogP contribution in [-0.4, -0.2) is 37.1 Å². The molecule has 1 atom stereocenters. The molecule has 1 rings (SSSR count). The van der Waals surface area contributed by atoms with Crippen LogP contribution in [0.1, 0.15) is 26.7 Å². The van der Waals surface area contributed by atoms with E-state index in [-0.39, 0.29) is 12.0 Å². The van der Waals surface area contributed by atoms with Crippen molar-refractivity contribution in [3.05, 3.63) is 0 Å². The van der Waals surface area contributed by atoms with Crippen LogP contribution in [0.25, 0.3) is 0 Å². The molecule has 1 fully saturated rings. The van der Waals surface area contributed by atoms with Gasteiger partial charge in [-0.3, -0.25) is 9.69 Å². The van der Waals surface area contributed by atoms with Gasteiger partial charge < -0.3 is 4.74 Å². The highest BCUT2D eigenvalue weighted by Crippen LogP contribution is 2.18. The molecule has 0 aliphatic carbocycles. The molecular weight excluding hydrogens is 166 g/mol. The van der Waals surface area contributed by atoms with Gasteiger partial charge in [0.1, 0.15) is 6.04 Å². The summed E-state index contributed by atoms with van der Waals surface area (Å²) in [6.07, 6.45) is 2.39. The first-order valence-corrected chi connectivity index (χ1v) is 4.97. The van der Waals surface area contributed by atoms with Gasteiger partial charge in [-0.15, -0.1) is 0 Å². The summed E-state index contributed by atoms with van der Waals surface area (Å²) in [4.78, 5) is 13.4. The van der Waals surface area contributed by atoms with E-state index in [4.69, 9.17) is 4.74 Å². The van der Waals surface area contributed by atoms with E-state index in [0.29, 0.717) is 0 Å². The number of likely N-dealkylation sites (tertiary alicyclic amines) is 1. The Balaban J connectivity index is 2.39. The number of hydrogen-bond acceptors (Lipinski definition) is 3. The molecule has 0 saturated carbocycles.